The van der Waals surface area contributed by atoms with E-state index in [4.69, 9.17) is 4.74 Å². The van der Waals surface area contributed by atoms with Crippen LogP contribution < -0.4 is 0 Å². The molecule has 0 amide bonds. The van der Waals surface area contributed by atoms with Crippen molar-refractivity contribution in [2.24, 2.45) is 28.6 Å². The maximum Gasteiger partial charge on any atom is 0.302 e. The number of alkyl halides is 1. The largest absolute Gasteiger partial charge is 0.462 e. The SMILES string of the molecule is C=C[C@]1(O)CC[C@H]2[C@@H]3C[C@@H](F)[C@@]4(O)C[C@@H](OC(C)=O)CC[C@]4(C)[C@H]3CC[C@@]21C. The van der Waals surface area contributed by atoms with Gasteiger partial charge in [-0.2, -0.15) is 0 Å². The third kappa shape index (κ3) is 2.44. The summed E-state index contributed by atoms with van der Waals surface area (Å²) < 4.78 is 21.0. The first-order chi connectivity index (χ1) is 13.0. The summed E-state index contributed by atoms with van der Waals surface area (Å²) in [6.07, 6.45) is 5.15. The number of ether oxygens (including phenoxy) is 1. The fourth-order valence-electron chi connectivity index (χ4n) is 7.91. The van der Waals surface area contributed by atoms with Gasteiger partial charge >= 0.3 is 5.97 Å². The van der Waals surface area contributed by atoms with Gasteiger partial charge in [-0.15, -0.1) is 6.58 Å². The lowest BCUT2D eigenvalue weighted by molar-refractivity contribution is -0.254. The molecule has 4 saturated carbocycles. The molecule has 4 nitrogen and oxygen atoms in total. The molecular formula is C23H35FO4. The molecule has 4 aliphatic rings. The Bertz CT molecular complexity index is 682. The van der Waals surface area contributed by atoms with Crippen molar-refractivity contribution in [3.63, 3.8) is 0 Å². The van der Waals surface area contributed by atoms with Crippen molar-refractivity contribution in [1.82, 2.24) is 0 Å². The highest BCUT2D eigenvalue weighted by Gasteiger charge is 2.69. The fourth-order valence-corrected chi connectivity index (χ4v) is 7.91. The van der Waals surface area contributed by atoms with Crippen LogP contribution in [0.5, 0.6) is 0 Å². The number of carbonyl (C=O) groups is 1. The Morgan fingerprint density at radius 1 is 1.11 bits per heavy atom. The molecule has 0 unspecified atom stereocenters. The minimum atomic E-state index is -1.45. The summed E-state index contributed by atoms with van der Waals surface area (Å²) in [6.45, 7) is 9.45. The predicted molar refractivity (Wildman–Crippen MR) is 104 cm³/mol. The highest BCUT2D eigenvalue weighted by Crippen LogP contribution is 2.69. The minimum Gasteiger partial charge on any atom is -0.462 e. The zero-order chi connectivity index (χ0) is 20.5. The summed E-state index contributed by atoms with van der Waals surface area (Å²) in [5, 5.41) is 22.7. The first kappa shape index (κ1) is 20.3. The van der Waals surface area contributed by atoms with E-state index in [1.54, 1.807) is 6.08 Å². The standard InChI is InChI=1S/C23H35FO4/c1-5-22(26)11-8-17-16-12-19(24)23(27)13-15(28-14(2)25)6-9-21(23,4)18(16)7-10-20(17,22)3/h5,15-19,26-27H,1,6-13H2,2-4H3/t15-,16-,17-,18-,19+,20-,21+,22-,23-/m0/s1. The van der Waals surface area contributed by atoms with Crippen molar-refractivity contribution in [2.75, 3.05) is 0 Å². The normalized spacial score (nSPS) is 55.6. The lowest BCUT2D eigenvalue weighted by atomic mass is 9.42. The van der Waals surface area contributed by atoms with E-state index in [-0.39, 0.29) is 35.6 Å². The summed E-state index contributed by atoms with van der Waals surface area (Å²) in [6, 6.07) is 0. The summed E-state index contributed by atoms with van der Waals surface area (Å²) in [5.41, 5.74) is -3.12. The monoisotopic (exact) mass is 394 g/mol. The van der Waals surface area contributed by atoms with Crippen molar-refractivity contribution >= 4 is 5.97 Å². The molecule has 4 aliphatic carbocycles. The molecular weight excluding hydrogens is 359 g/mol. The quantitative estimate of drug-likeness (QED) is 0.550. The molecule has 28 heavy (non-hydrogen) atoms. The fraction of sp³-hybridized carbons (Fsp3) is 0.870. The van der Waals surface area contributed by atoms with Gasteiger partial charge in [-0.1, -0.05) is 19.9 Å². The molecule has 0 heterocycles. The molecule has 0 aromatic heterocycles. The van der Waals surface area contributed by atoms with E-state index in [1.807, 2.05) is 0 Å². The smallest absolute Gasteiger partial charge is 0.302 e. The topological polar surface area (TPSA) is 66.8 Å². The maximum absolute atomic E-state index is 15.6. The molecule has 9 atom stereocenters. The van der Waals surface area contributed by atoms with Crippen molar-refractivity contribution in [1.29, 1.82) is 0 Å². The van der Waals surface area contributed by atoms with Gasteiger partial charge < -0.3 is 14.9 Å². The van der Waals surface area contributed by atoms with Crippen LogP contribution in [0.25, 0.3) is 0 Å². The van der Waals surface area contributed by atoms with Crippen molar-refractivity contribution in [3.8, 4) is 0 Å². The van der Waals surface area contributed by atoms with Gasteiger partial charge in [0.15, 0.2) is 0 Å². The summed E-state index contributed by atoms with van der Waals surface area (Å²) in [7, 11) is 0. The second-order valence-corrected chi connectivity index (χ2v) is 10.5. The van der Waals surface area contributed by atoms with Crippen molar-refractivity contribution < 1.29 is 24.1 Å². The van der Waals surface area contributed by atoms with Gasteiger partial charge in [0.05, 0.1) is 5.60 Å². The number of hydrogen-bond donors (Lipinski definition) is 2. The molecule has 0 aliphatic heterocycles. The van der Waals surface area contributed by atoms with Crippen molar-refractivity contribution in [2.45, 2.75) is 95.6 Å². The van der Waals surface area contributed by atoms with Gasteiger partial charge in [-0.05, 0) is 62.7 Å². The Hall–Kier alpha value is -0.940. The predicted octanol–water partition coefficient (Wildman–Crippen LogP) is 3.94. The molecule has 4 fully saturated rings. The minimum absolute atomic E-state index is 0.165. The number of carbonyl (C=O) groups excluding carboxylic acids is 1. The van der Waals surface area contributed by atoms with E-state index in [9.17, 15) is 15.0 Å². The molecule has 2 N–H and O–H groups in total. The van der Waals surface area contributed by atoms with E-state index in [0.29, 0.717) is 25.7 Å². The molecule has 0 aromatic rings. The molecule has 0 aromatic carbocycles. The van der Waals surface area contributed by atoms with Crippen LogP contribution in [0.4, 0.5) is 4.39 Å². The highest BCUT2D eigenvalue weighted by atomic mass is 19.1. The second-order valence-electron chi connectivity index (χ2n) is 10.5. The summed E-state index contributed by atoms with van der Waals surface area (Å²) in [5.74, 6) is 0.274. The molecule has 0 spiro atoms. The molecule has 4 rings (SSSR count). The van der Waals surface area contributed by atoms with Crippen LogP contribution in [0.3, 0.4) is 0 Å². The maximum atomic E-state index is 15.6. The van der Waals surface area contributed by atoms with Crippen LogP contribution >= 0.6 is 0 Å². The van der Waals surface area contributed by atoms with Crippen LogP contribution in [0.1, 0.15) is 72.1 Å². The number of hydrogen-bond acceptors (Lipinski definition) is 4. The molecule has 5 heteroatoms. The van der Waals surface area contributed by atoms with Crippen LogP contribution in [-0.4, -0.2) is 39.7 Å². The zero-order valence-electron chi connectivity index (χ0n) is 17.4. The molecule has 0 saturated heterocycles. The average molecular weight is 395 g/mol. The van der Waals surface area contributed by atoms with E-state index in [1.165, 1.54) is 6.92 Å². The van der Waals surface area contributed by atoms with E-state index >= 15 is 4.39 Å². The molecule has 0 bridgehead atoms. The van der Waals surface area contributed by atoms with Gasteiger partial charge in [0.25, 0.3) is 0 Å². The Morgan fingerprint density at radius 2 is 1.71 bits per heavy atom. The molecule has 0 radical (unpaired) electrons. The van der Waals surface area contributed by atoms with E-state index in [0.717, 1.165) is 19.3 Å². The number of rotatable bonds is 2. The Balaban J connectivity index is 1.65. The summed E-state index contributed by atoms with van der Waals surface area (Å²) in [4.78, 5) is 11.4. The van der Waals surface area contributed by atoms with Crippen LogP contribution in [0, 0.1) is 28.6 Å². The van der Waals surface area contributed by atoms with Crippen molar-refractivity contribution in [3.05, 3.63) is 12.7 Å². The lowest BCUT2D eigenvalue weighted by Crippen LogP contribution is -2.68. The van der Waals surface area contributed by atoms with Gasteiger partial charge in [0.1, 0.15) is 17.9 Å². The Labute approximate surface area is 167 Å². The first-order valence-corrected chi connectivity index (χ1v) is 10.9. The lowest BCUT2D eigenvalue weighted by Gasteiger charge is -2.65. The summed E-state index contributed by atoms with van der Waals surface area (Å²) >= 11 is 0. The third-order valence-electron chi connectivity index (χ3n) is 9.65. The molecule has 158 valence electrons. The van der Waals surface area contributed by atoms with Gasteiger partial charge in [-0.3, -0.25) is 4.79 Å². The third-order valence-corrected chi connectivity index (χ3v) is 9.65. The number of fused-ring (bicyclic) bond motifs is 5. The van der Waals surface area contributed by atoms with Gasteiger partial charge in [-0.25, -0.2) is 4.39 Å². The Morgan fingerprint density at radius 3 is 2.36 bits per heavy atom. The second kappa shape index (κ2) is 6.28. The van der Waals surface area contributed by atoms with Crippen LogP contribution in [-0.2, 0) is 9.53 Å². The number of esters is 1. The van der Waals surface area contributed by atoms with Gasteiger partial charge in [0, 0.05) is 24.2 Å². The average Bonchev–Trinajstić information content (AvgIpc) is 2.89. The number of halogens is 1. The van der Waals surface area contributed by atoms with E-state index in [2.05, 4.69) is 20.4 Å². The highest BCUT2D eigenvalue weighted by molar-refractivity contribution is 5.66. The van der Waals surface area contributed by atoms with Gasteiger partial charge in [0.2, 0.25) is 0 Å². The zero-order valence-corrected chi connectivity index (χ0v) is 17.4. The van der Waals surface area contributed by atoms with E-state index < -0.39 is 28.9 Å². The Kier molecular flexibility index (Phi) is 4.56. The van der Waals surface area contributed by atoms with Crippen LogP contribution in [0.15, 0.2) is 12.7 Å². The number of aliphatic hydroxyl groups is 2. The first-order valence-electron chi connectivity index (χ1n) is 10.9. The van der Waals surface area contributed by atoms with Crippen LogP contribution in [0.2, 0.25) is 0 Å².